The highest BCUT2D eigenvalue weighted by atomic mass is 32.1. The van der Waals surface area contributed by atoms with Gasteiger partial charge >= 0.3 is 5.97 Å². The lowest BCUT2D eigenvalue weighted by molar-refractivity contribution is 0.0691. The predicted octanol–water partition coefficient (Wildman–Crippen LogP) is 3.34. The molecule has 0 fully saturated rings. The molecule has 0 saturated carbocycles. The summed E-state index contributed by atoms with van der Waals surface area (Å²) in [5, 5.41) is 12.1. The van der Waals surface area contributed by atoms with E-state index >= 15 is 0 Å². The van der Waals surface area contributed by atoms with Crippen molar-refractivity contribution in [3.05, 3.63) is 27.7 Å². The van der Waals surface area contributed by atoms with Crippen molar-refractivity contribution in [1.82, 2.24) is 9.97 Å². The van der Waals surface area contributed by atoms with Gasteiger partial charge in [-0.1, -0.05) is 0 Å². The lowest BCUT2D eigenvalue weighted by Gasteiger charge is -1.92. The van der Waals surface area contributed by atoms with Crippen molar-refractivity contribution in [2.24, 2.45) is 0 Å². The van der Waals surface area contributed by atoms with Crippen LogP contribution in [0.1, 0.15) is 22.3 Å². The number of allylic oxidation sites excluding steroid dienone is 1. The number of nitrogens with zero attached hydrogens (tertiary/aromatic N) is 2. The Balaban J connectivity index is 2.48. The van der Waals surface area contributed by atoms with Gasteiger partial charge in [-0.2, -0.15) is 0 Å². The van der Waals surface area contributed by atoms with Crippen LogP contribution in [0, 0.1) is 0 Å². The Labute approximate surface area is 110 Å². The van der Waals surface area contributed by atoms with Crippen molar-refractivity contribution in [3.63, 3.8) is 0 Å². The number of aromatic carboxylic acids is 1. The van der Waals surface area contributed by atoms with Crippen molar-refractivity contribution in [2.45, 2.75) is 6.92 Å². The molecule has 0 bridgehead atoms. The summed E-state index contributed by atoms with van der Waals surface area (Å²) < 4.78 is 12.4. The maximum Gasteiger partial charge on any atom is 0.356 e. The van der Waals surface area contributed by atoms with Crippen LogP contribution in [-0.2, 0) is 0 Å². The standard InChI is InChI=1S/C11H9FN2O2S2/c1-6(5-12)4-7-8(11(15)16)14-10(18-7)9-13-2-3-17-9/h2-4H,5H2,1H3,(H,15,16)/b6-4+. The van der Waals surface area contributed by atoms with Crippen molar-refractivity contribution in [2.75, 3.05) is 6.67 Å². The summed E-state index contributed by atoms with van der Waals surface area (Å²) in [6.07, 6.45) is 3.14. The predicted molar refractivity (Wildman–Crippen MR) is 69.8 cm³/mol. The van der Waals surface area contributed by atoms with E-state index in [0.717, 1.165) is 0 Å². The maximum absolute atomic E-state index is 12.4. The minimum absolute atomic E-state index is 0.0574. The molecule has 2 aromatic rings. The average Bonchev–Trinajstić information content (AvgIpc) is 2.96. The quantitative estimate of drug-likeness (QED) is 0.935. The highest BCUT2D eigenvalue weighted by molar-refractivity contribution is 7.21. The van der Waals surface area contributed by atoms with Gasteiger partial charge in [-0.15, -0.1) is 22.7 Å². The van der Waals surface area contributed by atoms with Gasteiger partial charge in [0, 0.05) is 11.6 Å². The SMILES string of the molecule is C/C(=C\c1sc(-c2nccs2)nc1C(=O)O)CF. The normalized spacial score (nSPS) is 11.8. The van der Waals surface area contributed by atoms with Crippen molar-refractivity contribution in [3.8, 4) is 10.0 Å². The molecule has 94 valence electrons. The van der Waals surface area contributed by atoms with Crippen LogP contribution in [0.3, 0.4) is 0 Å². The second-order valence-electron chi connectivity index (χ2n) is 3.50. The highest BCUT2D eigenvalue weighted by Gasteiger charge is 2.18. The van der Waals surface area contributed by atoms with Crippen molar-refractivity contribution in [1.29, 1.82) is 0 Å². The molecule has 1 N–H and O–H groups in total. The van der Waals surface area contributed by atoms with E-state index in [1.165, 1.54) is 28.7 Å². The third kappa shape index (κ3) is 2.62. The van der Waals surface area contributed by atoms with Crippen LogP contribution in [0.5, 0.6) is 0 Å². The third-order valence-electron chi connectivity index (χ3n) is 2.06. The molecule has 0 spiro atoms. The maximum atomic E-state index is 12.4. The molecule has 0 aromatic carbocycles. The first kappa shape index (κ1) is 12.8. The van der Waals surface area contributed by atoms with Crippen LogP contribution >= 0.6 is 22.7 Å². The Morgan fingerprint density at radius 3 is 2.89 bits per heavy atom. The van der Waals surface area contributed by atoms with Gasteiger partial charge in [0.25, 0.3) is 0 Å². The van der Waals surface area contributed by atoms with Crippen LogP contribution < -0.4 is 0 Å². The Morgan fingerprint density at radius 1 is 1.56 bits per heavy atom. The number of carbonyl (C=O) groups is 1. The monoisotopic (exact) mass is 284 g/mol. The first-order valence-corrected chi connectivity index (χ1v) is 6.68. The Kier molecular flexibility index (Phi) is 3.83. The average molecular weight is 284 g/mol. The summed E-state index contributed by atoms with van der Waals surface area (Å²) in [5.74, 6) is -1.12. The topological polar surface area (TPSA) is 63.1 Å². The molecule has 7 heteroatoms. The Hall–Kier alpha value is -1.60. The van der Waals surface area contributed by atoms with Gasteiger partial charge in [0.2, 0.25) is 0 Å². The van der Waals surface area contributed by atoms with E-state index in [0.29, 0.717) is 20.5 Å². The summed E-state index contributed by atoms with van der Waals surface area (Å²) in [6, 6.07) is 0. The van der Waals surface area contributed by atoms with E-state index < -0.39 is 12.6 Å². The minimum atomic E-state index is -1.12. The van der Waals surface area contributed by atoms with E-state index in [9.17, 15) is 9.18 Å². The molecule has 4 nitrogen and oxygen atoms in total. The number of aromatic nitrogens is 2. The first-order valence-electron chi connectivity index (χ1n) is 4.99. The lowest BCUT2D eigenvalue weighted by atomic mass is 10.2. The number of rotatable bonds is 4. The molecule has 0 unspecified atom stereocenters. The fourth-order valence-electron chi connectivity index (χ4n) is 1.27. The number of alkyl halides is 1. The molecule has 2 aromatic heterocycles. The van der Waals surface area contributed by atoms with E-state index in [-0.39, 0.29) is 5.69 Å². The van der Waals surface area contributed by atoms with E-state index in [2.05, 4.69) is 9.97 Å². The molecular formula is C11H9FN2O2S2. The summed E-state index contributed by atoms with van der Waals surface area (Å²) in [7, 11) is 0. The fourth-order valence-corrected chi connectivity index (χ4v) is 3.03. The van der Waals surface area contributed by atoms with Gasteiger partial charge in [0.15, 0.2) is 15.7 Å². The molecule has 18 heavy (non-hydrogen) atoms. The fraction of sp³-hybridized carbons (Fsp3) is 0.182. The smallest absolute Gasteiger partial charge is 0.356 e. The Morgan fingerprint density at radius 2 is 2.33 bits per heavy atom. The Bertz CT molecular complexity index is 590. The third-order valence-corrected chi connectivity index (χ3v) is 3.98. The zero-order valence-electron chi connectivity index (χ0n) is 9.38. The lowest BCUT2D eigenvalue weighted by Crippen LogP contribution is -1.98. The number of halogens is 1. The second-order valence-corrected chi connectivity index (χ2v) is 5.42. The molecule has 0 aliphatic carbocycles. The first-order chi connectivity index (χ1) is 8.61. The van der Waals surface area contributed by atoms with Crippen molar-refractivity contribution < 1.29 is 14.3 Å². The van der Waals surface area contributed by atoms with Gasteiger partial charge < -0.3 is 5.11 Å². The van der Waals surface area contributed by atoms with Crippen LogP contribution in [0.15, 0.2) is 17.2 Å². The van der Waals surface area contributed by atoms with Gasteiger partial charge in [-0.05, 0) is 18.6 Å². The van der Waals surface area contributed by atoms with Gasteiger partial charge in [-0.3, -0.25) is 0 Å². The highest BCUT2D eigenvalue weighted by Crippen LogP contribution is 2.31. The molecule has 0 amide bonds. The largest absolute Gasteiger partial charge is 0.476 e. The van der Waals surface area contributed by atoms with E-state index in [1.807, 2.05) is 0 Å². The van der Waals surface area contributed by atoms with Crippen LogP contribution in [0.4, 0.5) is 4.39 Å². The molecular weight excluding hydrogens is 275 g/mol. The number of carboxylic acids is 1. The van der Waals surface area contributed by atoms with Gasteiger partial charge in [-0.25, -0.2) is 19.2 Å². The molecule has 2 heterocycles. The zero-order valence-corrected chi connectivity index (χ0v) is 11.0. The molecule has 0 saturated heterocycles. The number of hydrogen-bond donors (Lipinski definition) is 1. The second kappa shape index (κ2) is 5.36. The van der Waals surface area contributed by atoms with Crippen molar-refractivity contribution >= 4 is 34.7 Å². The van der Waals surface area contributed by atoms with Crippen LogP contribution in [-0.4, -0.2) is 27.7 Å². The summed E-state index contributed by atoms with van der Waals surface area (Å²) in [5.41, 5.74) is 0.407. The van der Waals surface area contributed by atoms with Gasteiger partial charge in [0.05, 0.1) is 4.88 Å². The van der Waals surface area contributed by atoms with Crippen LogP contribution in [0.25, 0.3) is 16.1 Å². The summed E-state index contributed by atoms with van der Waals surface area (Å²) >= 11 is 2.59. The number of thiazole rings is 2. The summed E-state index contributed by atoms with van der Waals surface area (Å²) in [4.78, 5) is 19.6. The molecule has 0 radical (unpaired) electrons. The molecule has 2 rings (SSSR count). The van der Waals surface area contributed by atoms with Crippen LogP contribution in [0.2, 0.25) is 0 Å². The number of carboxylic acid groups (broad SMARTS) is 1. The van der Waals surface area contributed by atoms with E-state index in [1.54, 1.807) is 18.5 Å². The van der Waals surface area contributed by atoms with E-state index in [4.69, 9.17) is 5.11 Å². The molecule has 0 aliphatic rings. The zero-order chi connectivity index (χ0) is 13.1. The van der Waals surface area contributed by atoms with Gasteiger partial charge in [0.1, 0.15) is 6.67 Å². The summed E-state index contributed by atoms with van der Waals surface area (Å²) in [6.45, 7) is 0.998. The minimum Gasteiger partial charge on any atom is -0.476 e. The molecule has 0 atom stereocenters. The number of hydrogen-bond acceptors (Lipinski definition) is 5. The molecule has 0 aliphatic heterocycles.